The Kier molecular flexibility index (Phi) is 5.65. The Morgan fingerprint density at radius 3 is 2.17 bits per heavy atom. The molecular weight excluding hydrogens is 283 g/mol. The first kappa shape index (κ1) is 15.0. The second-order valence-corrected chi connectivity index (χ2v) is 4.71. The van der Waals surface area contributed by atoms with Gasteiger partial charge in [-0.2, -0.15) is 4.39 Å². The zero-order chi connectivity index (χ0) is 12.3. The molecule has 0 saturated heterocycles. The van der Waals surface area contributed by atoms with E-state index in [1.54, 1.807) is 6.07 Å². The van der Waals surface area contributed by atoms with Crippen molar-refractivity contribution in [1.82, 2.24) is 5.32 Å². The zero-order valence-corrected chi connectivity index (χ0v) is 10.9. The first-order valence-electron chi connectivity index (χ1n) is 5.03. The lowest BCUT2D eigenvalue weighted by molar-refractivity contribution is 0.575. The van der Waals surface area contributed by atoms with Crippen LogP contribution in [0.3, 0.4) is 0 Å². The molecule has 0 aliphatic heterocycles. The van der Waals surface area contributed by atoms with Crippen LogP contribution >= 0.6 is 23.7 Å². The van der Waals surface area contributed by atoms with Gasteiger partial charge in [-0.3, -0.25) is 0 Å². The topological polar surface area (TPSA) is 12.0 Å². The first-order chi connectivity index (χ1) is 8.13. The van der Waals surface area contributed by atoms with E-state index >= 15 is 0 Å². The van der Waals surface area contributed by atoms with Crippen LogP contribution in [0.4, 0.5) is 13.2 Å². The van der Waals surface area contributed by atoms with Crippen LogP contribution in [0.15, 0.2) is 30.3 Å². The smallest absolute Gasteiger partial charge is 0.176 e. The van der Waals surface area contributed by atoms with Gasteiger partial charge in [0.05, 0.1) is 0 Å². The Labute approximate surface area is 113 Å². The van der Waals surface area contributed by atoms with Gasteiger partial charge >= 0.3 is 0 Å². The summed E-state index contributed by atoms with van der Waals surface area (Å²) in [5, 5.41) is 2.76. The maximum atomic E-state index is 12.9. The Balaban J connectivity index is 0.00000162. The fourth-order valence-electron chi connectivity index (χ4n) is 1.49. The first-order valence-corrected chi connectivity index (χ1v) is 5.85. The third-order valence-corrected chi connectivity index (χ3v) is 3.05. The van der Waals surface area contributed by atoms with Crippen molar-refractivity contribution in [1.29, 1.82) is 0 Å². The number of halogens is 4. The number of nitrogens with one attached hydrogen (secondary N) is 1. The Morgan fingerprint density at radius 1 is 0.944 bits per heavy atom. The van der Waals surface area contributed by atoms with Crippen molar-refractivity contribution in [3.05, 3.63) is 57.5 Å². The van der Waals surface area contributed by atoms with Crippen LogP contribution in [-0.2, 0) is 13.1 Å². The fourth-order valence-corrected chi connectivity index (χ4v) is 2.19. The lowest BCUT2D eigenvalue weighted by Gasteiger charge is -2.03. The minimum Gasteiger partial charge on any atom is -0.308 e. The molecule has 2 aromatic rings. The molecule has 1 aromatic heterocycles. The van der Waals surface area contributed by atoms with Crippen LogP contribution in [0.2, 0.25) is 0 Å². The second kappa shape index (κ2) is 6.78. The van der Waals surface area contributed by atoms with E-state index in [4.69, 9.17) is 0 Å². The van der Waals surface area contributed by atoms with Crippen LogP contribution in [0.1, 0.15) is 10.4 Å². The van der Waals surface area contributed by atoms with E-state index in [0.29, 0.717) is 18.7 Å². The highest BCUT2D eigenvalue weighted by molar-refractivity contribution is 7.10. The number of rotatable bonds is 4. The highest BCUT2D eigenvalue weighted by Gasteiger charge is 2.02. The lowest BCUT2D eigenvalue weighted by Crippen LogP contribution is -2.12. The van der Waals surface area contributed by atoms with Crippen molar-refractivity contribution >= 4 is 23.7 Å². The zero-order valence-electron chi connectivity index (χ0n) is 9.25. The van der Waals surface area contributed by atoms with E-state index in [-0.39, 0.29) is 17.5 Å². The highest BCUT2D eigenvalue weighted by atomic mass is 35.5. The molecule has 0 spiro atoms. The number of benzene rings is 1. The van der Waals surface area contributed by atoms with E-state index in [2.05, 4.69) is 5.32 Å². The van der Waals surface area contributed by atoms with Crippen LogP contribution in [0, 0.1) is 16.8 Å². The van der Waals surface area contributed by atoms with Gasteiger partial charge in [-0.15, -0.1) is 23.7 Å². The molecule has 1 heterocycles. The summed E-state index contributed by atoms with van der Waals surface area (Å²) in [5.41, 5.74) is 0.527. The van der Waals surface area contributed by atoms with Gasteiger partial charge in [0, 0.05) is 24.0 Å². The van der Waals surface area contributed by atoms with E-state index in [1.807, 2.05) is 0 Å². The normalized spacial score (nSPS) is 10.2. The van der Waals surface area contributed by atoms with Gasteiger partial charge in [0.1, 0.15) is 11.6 Å². The maximum Gasteiger partial charge on any atom is 0.176 e. The summed E-state index contributed by atoms with van der Waals surface area (Å²) in [6.07, 6.45) is 0. The molecule has 1 aromatic carbocycles. The Hall–Kier alpha value is -1.04. The molecule has 0 fully saturated rings. The highest BCUT2D eigenvalue weighted by Crippen LogP contribution is 2.14. The lowest BCUT2D eigenvalue weighted by atomic mass is 10.2. The summed E-state index contributed by atoms with van der Waals surface area (Å²) in [6, 6.07) is 6.44. The number of hydrogen-bond donors (Lipinski definition) is 1. The van der Waals surface area contributed by atoms with Crippen LogP contribution in [0.25, 0.3) is 0 Å². The van der Waals surface area contributed by atoms with Gasteiger partial charge in [0.25, 0.3) is 0 Å². The third kappa shape index (κ3) is 4.33. The fraction of sp³-hybridized carbons (Fsp3) is 0.167. The molecule has 0 unspecified atom stereocenters. The molecular formula is C12H11ClF3NS. The molecule has 98 valence electrons. The molecule has 0 aliphatic carbocycles. The van der Waals surface area contributed by atoms with Crippen LogP contribution in [0.5, 0.6) is 0 Å². The molecule has 2 rings (SSSR count). The molecule has 1 N–H and O–H groups in total. The van der Waals surface area contributed by atoms with Gasteiger partial charge in [-0.1, -0.05) is 0 Å². The quantitative estimate of drug-likeness (QED) is 0.902. The summed E-state index contributed by atoms with van der Waals surface area (Å²) in [7, 11) is 0. The Bertz CT molecular complexity index is 496. The van der Waals surface area contributed by atoms with Gasteiger partial charge in [-0.25, -0.2) is 8.78 Å². The molecule has 0 saturated carbocycles. The molecule has 0 radical (unpaired) electrons. The summed E-state index contributed by atoms with van der Waals surface area (Å²) < 4.78 is 38.4. The monoisotopic (exact) mass is 293 g/mol. The summed E-state index contributed by atoms with van der Waals surface area (Å²) >= 11 is 1.05. The molecule has 0 aliphatic rings. The molecule has 1 nitrogen and oxygen atoms in total. The minimum atomic E-state index is -0.594. The van der Waals surface area contributed by atoms with E-state index in [9.17, 15) is 13.2 Å². The summed E-state index contributed by atoms with van der Waals surface area (Å²) in [6.45, 7) is 0.820. The molecule has 18 heavy (non-hydrogen) atoms. The second-order valence-electron chi connectivity index (χ2n) is 3.59. The van der Waals surface area contributed by atoms with Crippen molar-refractivity contribution in [3.8, 4) is 0 Å². The van der Waals surface area contributed by atoms with Crippen LogP contribution in [-0.4, -0.2) is 0 Å². The predicted molar refractivity (Wildman–Crippen MR) is 68.4 cm³/mol. The van der Waals surface area contributed by atoms with Crippen molar-refractivity contribution in [2.45, 2.75) is 13.1 Å². The largest absolute Gasteiger partial charge is 0.308 e. The van der Waals surface area contributed by atoms with E-state index < -0.39 is 11.6 Å². The van der Waals surface area contributed by atoms with Crippen LogP contribution < -0.4 is 5.32 Å². The van der Waals surface area contributed by atoms with Gasteiger partial charge < -0.3 is 5.32 Å². The van der Waals surface area contributed by atoms with Gasteiger partial charge in [0.2, 0.25) is 0 Å². The van der Waals surface area contributed by atoms with E-state index in [0.717, 1.165) is 22.3 Å². The van der Waals surface area contributed by atoms with Crippen molar-refractivity contribution < 1.29 is 13.2 Å². The van der Waals surface area contributed by atoms with Gasteiger partial charge in [-0.05, 0) is 29.8 Å². The maximum absolute atomic E-state index is 12.9. The third-order valence-electron chi connectivity index (χ3n) is 2.18. The van der Waals surface area contributed by atoms with E-state index in [1.165, 1.54) is 18.2 Å². The summed E-state index contributed by atoms with van der Waals surface area (Å²) in [5.74, 6) is -1.19. The van der Waals surface area contributed by atoms with Crippen molar-refractivity contribution in [3.63, 3.8) is 0 Å². The van der Waals surface area contributed by atoms with Gasteiger partial charge in [0.15, 0.2) is 5.13 Å². The Morgan fingerprint density at radius 2 is 1.61 bits per heavy atom. The SMILES string of the molecule is Cl.Fc1cc(F)cc(CNCc2ccc(F)s2)c1. The average Bonchev–Trinajstić information content (AvgIpc) is 2.63. The molecule has 0 amide bonds. The number of hydrogen-bond acceptors (Lipinski definition) is 2. The van der Waals surface area contributed by atoms with Crippen molar-refractivity contribution in [2.75, 3.05) is 0 Å². The molecule has 0 bridgehead atoms. The number of thiophene rings is 1. The predicted octanol–water partition coefficient (Wildman–Crippen LogP) is 3.88. The summed E-state index contributed by atoms with van der Waals surface area (Å²) in [4.78, 5) is 0.847. The molecule has 6 heteroatoms. The standard InChI is InChI=1S/C12H10F3NS.ClH/c13-9-3-8(4-10(14)5-9)6-16-7-11-1-2-12(15)17-11;/h1-5,16H,6-7H2;1H. The average molecular weight is 294 g/mol. The van der Waals surface area contributed by atoms with Crippen molar-refractivity contribution in [2.24, 2.45) is 0 Å². The minimum absolute atomic E-state index is 0. The molecule has 0 atom stereocenters.